The van der Waals surface area contributed by atoms with Crippen molar-refractivity contribution in [2.45, 2.75) is 53.0 Å². The van der Waals surface area contributed by atoms with Crippen LogP contribution in [0.5, 0.6) is 0 Å². The molecule has 19 heavy (non-hydrogen) atoms. The second kappa shape index (κ2) is 8.50. The Morgan fingerprint density at radius 3 is 1.95 bits per heavy atom. The van der Waals surface area contributed by atoms with E-state index in [-0.39, 0.29) is 6.04 Å². The molecule has 7 heteroatoms. The molecule has 0 aromatic rings. The number of carbonyl (C=O) groups is 1. The van der Waals surface area contributed by atoms with Gasteiger partial charge in [-0.15, -0.1) is 0 Å². The lowest BCUT2D eigenvalue weighted by atomic mass is 10.2. The highest BCUT2D eigenvalue weighted by Gasteiger charge is 2.33. The summed E-state index contributed by atoms with van der Waals surface area (Å²) in [6.45, 7) is 7.74. The second-order valence-electron chi connectivity index (χ2n) is 4.60. The predicted molar refractivity (Wildman–Crippen MR) is 75.2 cm³/mol. The Morgan fingerprint density at radius 2 is 1.63 bits per heavy atom. The number of hydrogen-bond acceptors (Lipinski definition) is 3. The summed E-state index contributed by atoms with van der Waals surface area (Å²) in [6, 6.07) is -0.322. The summed E-state index contributed by atoms with van der Waals surface area (Å²) in [6.07, 6.45) is 2.00. The predicted octanol–water partition coefficient (Wildman–Crippen LogP) is 1.54. The first-order chi connectivity index (χ1) is 8.81. The van der Waals surface area contributed by atoms with Crippen LogP contribution in [-0.2, 0) is 15.0 Å². The van der Waals surface area contributed by atoms with E-state index in [2.05, 4.69) is 0 Å². The van der Waals surface area contributed by atoms with Crippen molar-refractivity contribution in [2.75, 3.05) is 19.6 Å². The first kappa shape index (κ1) is 18.3. The van der Waals surface area contributed by atoms with E-state index in [4.69, 9.17) is 5.11 Å². The normalized spacial score (nSPS) is 14.0. The molecule has 0 rings (SSSR count). The van der Waals surface area contributed by atoms with Crippen molar-refractivity contribution < 1.29 is 18.3 Å². The van der Waals surface area contributed by atoms with E-state index in [0.29, 0.717) is 32.4 Å². The number of aliphatic carboxylic acids is 1. The van der Waals surface area contributed by atoms with Crippen LogP contribution in [0.4, 0.5) is 0 Å². The second-order valence-corrected chi connectivity index (χ2v) is 6.48. The van der Waals surface area contributed by atoms with Gasteiger partial charge in [0.2, 0.25) is 0 Å². The quantitative estimate of drug-likeness (QED) is 0.663. The van der Waals surface area contributed by atoms with Crippen LogP contribution in [0.3, 0.4) is 0 Å². The van der Waals surface area contributed by atoms with Gasteiger partial charge in [-0.3, -0.25) is 4.79 Å². The van der Waals surface area contributed by atoms with Crippen molar-refractivity contribution in [1.29, 1.82) is 0 Å². The third kappa shape index (κ3) is 5.46. The molecule has 1 N–H and O–H groups in total. The summed E-state index contributed by atoms with van der Waals surface area (Å²) in [4.78, 5) is 10.9. The Balaban J connectivity index is 5.28. The zero-order valence-corrected chi connectivity index (χ0v) is 13.1. The minimum Gasteiger partial charge on any atom is -0.480 e. The fourth-order valence-electron chi connectivity index (χ4n) is 1.79. The van der Waals surface area contributed by atoms with Crippen LogP contribution in [-0.4, -0.2) is 53.8 Å². The molecular weight excluding hydrogens is 268 g/mol. The molecule has 0 saturated heterocycles. The molecule has 0 bridgehead atoms. The molecule has 0 aromatic carbocycles. The SMILES string of the molecule is CCCN(CCC)S(=O)(=O)N(CC(=O)O)C(C)CC. The van der Waals surface area contributed by atoms with Crippen molar-refractivity contribution >= 4 is 16.2 Å². The Morgan fingerprint density at radius 1 is 1.16 bits per heavy atom. The van der Waals surface area contributed by atoms with Gasteiger partial charge < -0.3 is 5.11 Å². The summed E-state index contributed by atoms with van der Waals surface area (Å²) in [5.41, 5.74) is 0. The van der Waals surface area contributed by atoms with Crippen LogP contribution in [0.2, 0.25) is 0 Å². The van der Waals surface area contributed by atoms with Gasteiger partial charge in [-0.05, 0) is 26.2 Å². The van der Waals surface area contributed by atoms with E-state index in [1.54, 1.807) is 6.92 Å². The van der Waals surface area contributed by atoms with Crippen molar-refractivity contribution in [3.8, 4) is 0 Å². The largest absolute Gasteiger partial charge is 0.480 e. The van der Waals surface area contributed by atoms with Gasteiger partial charge >= 0.3 is 5.97 Å². The molecule has 6 nitrogen and oxygen atoms in total. The maximum atomic E-state index is 12.5. The smallest absolute Gasteiger partial charge is 0.318 e. The van der Waals surface area contributed by atoms with Crippen molar-refractivity contribution in [3.05, 3.63) is 0 Å². The van der Waals surface area contributed by atoms with E-state index in [1.807, 2.05) is 20.8 Å². The van der Waals surface area contributed by atoms with Gasteiger partial charge in [-0.1, -0.05) is 20.8 Å². The summed E-state index contributed by atoms with van der Waals surface area (Å²) in [5.74, 6) is -1.13. The van der Waals surface area contributed by atoms with Gasteiger partial charge in [0.25, 0.3) is 10.2 Å². The highest BCUT2D eigenvalue weighted by Crippen LogP contribution is 2.15. The minimum absolute atomic E-state index is 0.322. The Bertz CT molecular complexity index is 364. The van der Waals surface area contributed by atoms with Gasteiger partial charge in [0, 0.05) is 19.1 Å². The van der Waals surface area contributed by atoms with E-state index in [9.17, 15) is 13.2 Å². The maximum Gasteiger partial charge on any atom is 0.318 e. The molecule has 0 fully saturated rings. The van der Waals surface area contributed by atoms with Crippen molar-refractivity contribution in [1.82, 2.24) is 8.61 Å². The third-order valence-corrected chi connectivity index (χ3v) is 5.04. The first-order valence-corrected chi connectivity index (χ1v) is 8.19. The maximum absolute atomic E-state index is 12.5. The molecule has 0 aliphatic heterocycles. The molecule has 114 valence electrons. The Labute approximate surface area is 116 Å². The molecule has 0 saturated carbocycles. The van der Waals surface area contributed by atoms with Crippen LogP contribution in [0.1, 0.15) is 47.0 Å². The average Bonchev–Trinajstić information content (AvgIpc) is 2.34. The molecule has 0 heterocycles. The summed E-state index contributed by atoms with van der Waals surface area (Å²) in [5, 5.41) is 8.91. The Hall–Kier alpha value is -0.660. The summed E-state index contributed by atoms with van der Waals surface area (Å²) < 4.78 is 27.5. The lowest BCUT2D eigenvalue weighted by molar-refractivity contribution is -0.137. The van der Waals surface area contributed by atoms with Crippen LogP contribution >= 0.6 is 0 Å². The average molecular weight is 294 g/mol. The topological polar surface area (TPSA) is 77.9 Å². The number of carboxylic acid groups (broad SMARTS) is 1. The highest BCUT2D eigenvalue weighted by atomic mass is 32.2. The van der Waals surface area contributed by atoms with Gasteiger partial charge in [0.05, 0.1) is 0 Å². The van der Waals surface area contributed by atoms with Crippen LogP contribution in [0, 0.1) is 0 Å². The number of hydrogen-bond donors (Lipinski definition) is 1. The molecule has 0 aromatic heterocycles. The van der Waals surface area contributed by atoms with E-state index < -0.39 is 22.7 Å². The van der Waals surface area contributed by atoms with E-state index in [0.717, 1.165) is 4.31 Å². The van der Waals surface area contributed by atoms with Crippen LogP contribution in [0.15, 0.2) is 0 Å². The number of rotatable bonds is 10. The first-order valence-electron chi connectivity index (χ1n) is 6.79. The van der Waals surface area contributed by atoms with Crippen molar-refractivity contribution in [3.63, 3.8) is 0 Å². The fourth-order valence-corrected chi connectivity index (χ4v) is 3.79. The molecule has 0 aliphatic carbocycles. The molecule has 1 unspecified atom stereocenters. The minimum atomic E-state index is -3.71. The molecule has 1 atom stereocenters. The fraction of sp³-hybridized carbons (Fsp3) is 0.917. The highest BCUT2D eigenvalue weighted by molar-refractivity contribution is 7.86. The molecule has 0 amide bonds. The van der Waals surface area contributed by atoms with Gasteiger partial charge in [-0.2, -0.15) is 17.0 Å². The molecule has 0 radical (unpaired) electrons. The zero-order valence-electron chi connectivity index (χ0n) is 12.3. The van der Waals surface area contributed by atoms with Gasteiger partial charge in [-0.25, -0.2) is 0 Å². The van der Waals surface area contributed by atoms with Gasteiger partial charge in [0.1, 0.15) is 6.54 Å². The van der Waals surface area contributed by atoms with E-state index in [1.165, 1.54) is 4.31 Å². The summed E-state index contributed by atoms with van der Waals surface area (Å²) >= 11 is 0. The molecule has 0 spiro atoms. The summed E-state index contributed by atoms with van der Waals surface area (Å²) in [7, 11) is -3.71. The van der Waals surface area contributed by atoms with Crippen molar-refractivity contribution in [2.24, 2.45) is 0 Å². The zero-order chi connectivity index (χ0) is 15.1. The number of nitrogens with zero attached hydrogens (tertiary/aromatic N) is 2. The lowest BCUT2D eigenvalue weighted by Crippen LogP contribution is -2.50. The van der Waals surface area contributed by atoms with Crippen LogP contribution in [0.25, 0.3) is 0 Å². The third-order valence-electron chi connectivity index (χ3n) is 2.94. The van der Waals surface area contributed by atoms with E-state index >= 15 is 0 Å². The standard InChI is InChI=1S/C12H26N2O4S/c1-5-8-13(9-6-2)19(17,18)14(10-12(15)16)11(4)7-3/h11H,5-10H2,1-4H3,(H,15,16). The monoisotopic (exact) mass is 294 g/mol. The Kier molecular flexibility index (Phi) is 8.20. The number of carboxylic acids is 1. The van der Waals surface area contributed by atoms with Gasteiger partial charge in [0.15, 0.2) is 0 Å². The molecular formula is C12H26N2O4S. The lowest BCUT2D eigenvalue weighted by Gasteiger charge is -2.32. The van der Waals surface area contributed by atoms with Crippen LogP contribution < -0.4 is 0 Å². The molecule has 0 aliphatic rings.